The number of hydrogen-bond donors (Lipinski definition) is 2. The van der Waals surface area contributed by atoms with Gasteiger partial charge in [0.15, 0.2) is 0 Å². The Bertz CT molecular complexity index is 1420. The monoisotopic (exact) mass is 498 g/mol. The lowest BCUT2D eigenvalue weighted by atomic mass is 10.1. The summed E-state index contributed by atoms with van der Waals surface area (Å²) in [7, 11) is -4.09. The minimum atomic E-state index is -4.09. The molecule has 1 aliphatic heterocycles. The van der Waals surface area contributed by atoms with Crippen LogP contribution in [0.25, 0.3) is 6.08 Å². The maximum Gasteiger partial charge on any atom is 0.339 e. The number of rotatable bonds is 5. The molecular formula is C23H15ClN2O7S. The number of carbonyl (C=O) groups excluding carboxylic acids is 3. The van der Waals surface area contributed by atoms with Crippen LogP contribution < -0.4 is 14.4 Å². The summed E-state index contributed by atoms with van der Waals surface area (Å²) < 4.78 is 29.9. The van der Waals surface area contributed by atoms with Crippen molar-refractivity contribution >= 4 is 51.3 Å². The Hall–Kier alpha value is -4.15. The number of nitrogens with one attached hydrogen (secondary N) is 1. The predicted octanol–water partition coefficient (Wildman–Crippen LogP) is 3.48. The molecule has 3 aromatic rings. The fraction of sp³-hybridized carbons (Fsp3) is 0. The minimum absolute atomic E-state index is 0.0115. The molecule has 1 fully saturated rings. The van der Waals surface area contributed by atoms with Gasteiger partial charge in [-0.3, -0.25) is 14.9 Å². The van der Waals surface area contributed by atoms with E-state index in [9.17, 15) is 27.9 Å². The van der Waals surface area contributed by atoms with E-state index < -0.39 is 28.0 Å². The van der Waals surface area contributed by atoms with Crippen molar-refractivity contribution in [1.82, 2.24) is 5.32 Å². The first-order chi connectivity index (χ1) is 16.1. The number of hydrogen-bond acceptors (Lipinski definition) is 7. The fourth-order valence-corrected chi connectivity index (χ4v) is 4.11. The van der Waals surface area contributed by atoms with Gasteiger partial charge < -0.3 is 9.29 Å². The smallest absolute Gasteiger partial charge is 0.339 e. The number of imide groups is 2. The lowest BCUT2D eigenvalue weighted by Crippen LogP contribution is -2.54. The number of phenolic OH excluding ortho intramolecular Hbond substituents is 1. The van der Waals surface area contributed by atoms with Gasteiger partial charge in [-0.2, -0.15) is 8.42 Å². The number of anilines is 1. The molecule has 0 bridgehead atoms. The lowest BCUT2D eigenvalue weighted by Gasteiger charge is -2.26. The van der Waals surface area contributed by atoms with Crippen LogP contribution >= 0.6 is 11.6 Å². The molecule has 0 radical (unpaired) electrons. The van der Waals surface area contributed by atoms with Crippen molar-refractivity contribution in [3.8, 4) is 11.5 Å². The molecule has 11 heteroatoms. The Morgan fingerprint density at radius 2 is 1.50 bits per heavy atom. The molecule has 2 N–H and O–H groups in total. The molecule has 1 aliphatic rings. The largest absolute Gasteiger partial charge is 0.508 e. The molecule has 0 aliphatic carbocycles. The number of benzene rings is 3. The first kappa shape index (κ1) is 23.0. The number of nitrogens with zero attached hydrogens (tertiary/aromatic N) is 1. The second-order valence-corrected chi connectivity index (χ2v) is 9.02. The van der Waals surface area contributed by atoms with Crippen molar-refractivity contribution in [2.24, 2.45) is 0 Å². The molecule has 0 saturated carbocycles. The first-order valence-corrected chi connectivity index (χ1v) is 11.4. The number of amides is 4. The Balaban J connectivity index is 1.56. The van der Waals surface area contributed by atoms with E-state index in [1.54, 1.807) is 0 Å². The van der Waals surface area contributed by atoms with Gasteiger partial charge in [0, 0.05) is 5.02 Å². The van der Waals surface area contributed by atoms with Gasteiger partial charge in [-0.1, -0.05) is 23.7 Å². The van der Waals surface area contributed by atoms with Gasteiger partial charge in [0.05, 0.1) is 5.69 Å². The summed E-state index contributed by atoms with van der Waals surface area (Å²) in [5.74, 6) is -1.78. The molecule has 3 aromatic carbocycles. The van der Waals surface area contributed by atoms with Gasteiger partial charge >= 0.3 is 16.1 Å². The maximum absolute atomic E-state index is 12.9. The highest BCUT2D eigenvalue weighted by atomic mass is 35.5. The summed E-state index contributed by atoms with van der Waals surface area (Å²) in [6, 6.07) is 15.5. The summed E-state index contributed by atoms with van der Waals surface area (Å²) in [5.41, 5.74) is 0.236. The average Bonchev–Trinajstić information content (AvgIpc) is 2.79. The zero-order valence-corrected chi connectivity index (χ0v) is 18.7. The Morgan fingerprint density at radius 1 is 0.882 bits per heavy atom. The molecular weight excluding hydrogens is 484 g/mol. The van der Waals surface area contributed by atoms with Crippen molar-refractivity contribution in [2.45, 2.75) is 4.90 Å². The van der Waals surface area contributed by atoms with Crippen LogP contribution in [0.2, 0.25) is 5.02 Å². The van der Waals surface area contributed by atoms with E-state index in [4.69, 9.17) is 15.8 Å². The van der Waals surface area contributed by atoms with Crippen molar-refractivity contribution in [3.63, 3.8) is 0 Å². The van der Waals surface area contributed by atoms with E-state index >= 15 is 0 Å². The average molecular weight is 499 g/mol. The van der Waals surface area contributed by atoms with Crippen LogP contribution in [0.1, 0.15) is 5.56 Å². The second-order valence-electron chi connectivity index (χ2n) is 7.03. The summed E-state index contributed by atoms with van der Waals surface area (Å²) in [6.07, 6.45) is 1.26. The molecule has 1 heterocycles. The van der Waals surface area contributed by atoms with Crippen molar-refractivity contribution in [2.75, 3.05) is 4.90 Å². The summed E-state index contributed by atoms with van der Waals surface area (Å²) in [4.78, 5) is 38.1. The zero-order valence-electron chi connectivity index (χ0n) is 17.1. The molecule has 0 unspecified atom stereocenters. The molecule has 4 amide bonds. The number of barbiturate groups is 1. The van der Waals surface area contributed by atoms with E-state index in [1.165, 1.54) is 78.9 Å². The highest BCUT2D eigenvalue weighted by Crippen LogP contribution is 2.25. The third-order valence-corrected chi connectivity index (χ3v) is 6.22. The van der Waals surface area contributed by atoms with Gasteiger partial charge in [0.25, 0.3) is 11.8 Å². The van der Waals surface area contributed by atoms with E-state index in [0.717, 1.165) is 4.90 Å². The van der Waals surface area contributed by atoms with Gasteiger partial charge in [0.2, 0.25) is 0 Å². The number of phenols is 1. The summed E-state index contributed by atoms with van der Waals surface area (Å²) >= 11 is 5.77. The summed E-state index contributed by atoms with van der Waals surface area (Å²) in [6.45, 7) is 0. The minimum Gasteiger partial charge on any atom is -0.508 e. The van der Waals surface area contributed by atoms with Crippen molar-refractivity contribution in [1.29, 1.82) is 0 Å². The molecule has 0 spiro atoms. The number of carbonyl (C=O) groups is 3. The topological polar surface area (TPSA) is 130 Å². The zero-order chi connectivity index (χ0) is 24.5. The van der Waals surface area contributed by atoms with E-state index in [1.807, 2.05) is 0 Å². The fourth-order valence-electron chi connectivity index (χ4n) is 3.06. The van der Waals surface area contributed by atoms with E-state index in [2.05, 4.69) is 5.32 Å². The Morgan fingerprint density at radius 3 is 2.12 bits per heavy atom. The van der Waals surface area contributed by atoms with Gasteiger partial charge in [-0.15, -0.1) is 0 Å². The van der Waals surface area contributed by atoms with Gasteiger partial charge in [-0.05, 0) is 72.3 Å². The number of halogens is 1. The second kappa shape index (κ2) is 9.00. The van der Waals surface area contributed by atoms with Crippen molar-refractivity contribution < 1.29 is 32.1 Å². The predicted molar refractivity (Wildman–Crippen MR) is 123 cm³/mol. The molecule has 9 nitrogen and oxygen atoms in total. The van der Waals surface area contributed by atoms with Crippen LogP contribution in [0.4, 0.5) is 10.5 Å². The van der Waals surface area contributed by atoms with E-state index in [-0.39, 0.29) is 27.7 Å². The molecule has 4 rings (SSSR count). The Labute approximate surface area is 199 Å². The molecule has 1 saturated heterocycles. The third kappa shape index (κ3) is 4.77. The van der Waals surface area contributed by atoms with Crippen LogP contribution in [0.3, 0.4) is 0 Å². The van der Waals surface area contributed by atoms with Crippen LogP contribution in [0.15, 0.2) is 83.3 Å². The number of urea groups is 1. The van der Waals surface area contributed by atoms with Crippen LogP contribution in [-0.4, -0.2) is 31.4 Å². The van der Waals surface area contributed by atoms with Crippen LogP contribution in [-0.2, 0) is 19.7 Å². The van der Waals surface area contributed by atoms with Gasteiger partial charge in [0.1, 0.15) is 22.0 Å². The third-order valence-electron chi connectivity index (χ3n) is 4.71. The van der Waals surface area contributed by atoms with Gasteiger partial charge in [-0.25, -0.2) is 9.69 Å². The SMILES string of the molecule is O=C1NC(=O)N(c2ccc(O)cc2)C(=O)/C1=C/c1ccc(OS(=O)(=O)c2ccc(Cl)cc2)cc1. The summed E-state index contributed by atoms with van der Waals surface area (Å²) in [5, 5.41) is 11.9. The van der Waals surface area contributed by atoms with Crippen molar-refractivity contribution in [3.05, 3.63) is 89.0 Å². The Kier molecular flexibility index (Phi) is 6.10. The molecule has 0 aromatic heterocycles. The standard InChI is InChI=1S/C23H15ClN2O7S/c24-15-3-11-19(12-4-15)34(31,32)33-18-9-1-14(2-10-18)13-20-21(28)25-23(30)26(22(20)29)16-5-7-17(27)8-6-16/h1-13,27H,(H,25,28,30)/b20-13+. The quantitative estimate of drug-likeness (QED) is 0.313. The lowest BCUT2D eigenvalue weighted by molar-refractivity contribution is -0.122. The van der Waals surface area contributed by atoms with Crippen LogP contribution in [0.5, 0.6) is 11.5 Å². The normalized spacial score (nSPS) is 15.4. The van der Waals surface area contributed by atoms with Crippen LogP contribution in [0, 0.1) is 0 Å². The number of aromatic hydroxyl groups is 1. The molecule has 172 valence electrons. The molecule has 0 atom stereocenters. The highest BCUT2D eigenvalue weighted by molar-refractivity contribution is 7.87. The highest BCUT2D eigenvalue weighted by Gasteiger charge is 2.36. The maximum atomic E-state index is 12.9. The molecule has 34 heavy (non-hydrogen) atoms. The van der Waals surface area contributed by atoms with E-state index in [0.29, 0.717) is 10.6 Å². The first-order valence-electron chi connectivity index (χ1n) is 9.65.